The smallest absolute Gasteiger partial charge is 0.0488 e. The lowest BCUT2D eigenvalue weighted by Crippen LogP contribution is -2.37. The van der Waals surface area contributed by atoms with E-state index in [0.717, 1.165) is 35.8 Å². The molecule has 88 valence electrons. The Morgan fingerprint density at radius 2 is 2.00 bits per heavy atom. The first-order chi connectivity index (χ1) is 7.70. The van der Waals surface area contributed by atoms with Crippen molar-refractivity contribution in [2.75, 3.05) is 29.5 Å². The van der Waals surface area contributed by atoms with Crippen molar-refractivity contribution in [2.24, 2.45) is 0 Å². The van der Waals surface area contributed by atoms with Crippen LogP contribution in [0.25, 0.3) is 0 Å². The van der Waals surface area contributed by atoms with E-state index in [2.05, 4.69) is 4.90 Å². The minimum absolute atomic E-state index is 0.434. The van der Waals surface area contributed by atoms with E-state index in [1.165, 1.54) is 0 Å². The number of alkyl halides is 1. The average molecular weight is 278 g/mol. The van der Waals surface area contributed by atoms with Crippen molar-refractivity contribution in [2.45, 2.75) is 5.88 Å². The van der Waals surface area contributed by atoms with Crippen molar-refractivity contribution in [1.29, 1.82) is 0 Å². The number of halogens is 2. The van der Waals surface area contributed by atoms with Crippen molar-refractivity contribution in [3.63, 3.8) is 0 Å². The van der Waals surface area contributed by atoms with Gasteiger partial charge in [-0.3, -0.25) is 4.21 Å². The highest BCUT2D eigenvalue weighted by Crippen LogP contribution is 2.25. The van der Waals surface area contributed by atoms with Crippen LogP contribution in [0.1, 0.15) is 5.56 Å². The third kappa shape index (κ3) is 2.70. The van der Waals surface area contributed by atoms with Gasteiger partial charge >= 0.3 is 0 Å². The van der Waals surface area contributed by atoms with Crippen LogP contribution >= 0.6 is 23.2 Å². The molecule has 0 saturated carbocycles. The van der Waals surface area contributed by atoms with Gasteiger partial charge in [-0.1, -0.05) is 17.7 Å². The van der Waals surface area contributed by atoms with E-state index < -0.39 is 10.8 Å². The van der Waals surface area contributed by atoms with E-state index in [1.807, 2.05) is 18.2 Å². The molecule has 0 aromatic heterocycles. The van der Waals surface area contributed by atoms with Crippen LogP contribution in [-0.4, -0.2) is 28.8 Å². The molecule has 0 amide bonds. The lowest BCUT2D eigenvalue weighted by Gasteiger charge is -2.28. The molecule has 1 aliphatic rings. The molecule has 1 saturated heterocycles. The zero-order valence-electron chi connectivity index (χ0n) is 8.79. The van der Waals surface area contributed by atoms with E-state index in [4.69, 9.17) is 23.2 Å². The summed E-state index contributed by atoms with van der Waals surface area (Å²) in [6.45, 7) is 1.67. The summed E-state index contributed by atoms with van der Waals surface area (Å²) >= 11 is 11.9. The molecule has 1 aromatic carbocycles. The number of hydrogen-bond donors (Lipinski definition) is 0. The minimum atomic E-state index is -0.642. The fourth-order valence-corrected chi connectivity index (χ4v) is 3.33. The SMILES string of the molecule is O=S1CCN(c2ccc(CCl)c(Cl)c2)CC1. The van der Waals surface area contributed by atoms with E-state index in [9.17, 15) is 4.21 Å². The summed E-state index contributed by atoms with van der Waals surface area (Å²) in [6.07, 6.45) is 0. The highest BCUT2D eigenvalue weighted by molar-refractivity contribution is 7.85. The first-order valence-corrected chi connectivity index (χ1v) is 7.55. The Morgan fingerprint density at radius 1 is 1.31 bits per heavy atom. The standard InChI is InChI=1S/C11H13Cl2NOS/c12-8-9-1-2-10(7-11(9)13)14-3-5-16(15)6-4-14/h1-2,7H,3-6,8H2. The van der Waals surface area contributed by atoms with Gasteiger partial charge in [0.05, 0.1) is 0 Å². The zero-order chi connectivity index (χ0) is 11.5. The monoisotopic (exact) mass is 277 g/mol. The van der Waals surface area contributed by atoms with Gasteiger partial charge in [0.1, 0.15) is 0 Å². The fraction of sp³-hybridized carbons (Fsp3) is 0.455. The minimum Gasteiger partial charge on any atom is -0.370 e. The highest BCUT2D eigenvalue weighted by atomic mass is 35.5. The second kappa shape index (κ2) is 5.39. The van der Waals surface area contributed by atoms with E-state index in [1.54, 1.807) is 0 Å². The summed E-state index contributed by atoms with van der Waals surface area (Å²) in [5.41, 5.74) is 2.04. The van der Waals surface area contributed by atoms with Gasteiger partial charge in [0.25, 0.3) is 0 Å². The van der Waals surface area contributed by atoms with E-state index >= 15 is 0 Å². The Bertz CT molecular complexity index is 401. The van der Waals surface area contributed by atoms with E-state index in [-0.39, 0.29) is 0 Å². The fourth-order valence-electron chi connectivity index (χ4n) is 1.74. The lowest BCUT2D eigenvalue weighted by atomic mass is 10.2. The van der Waals surface area contributed by atoms with Gasteiger partial charge in [-0.25, -0.2) is 0 Å². The number of benzene rings is 1. The van der Waals surface area contributed by atoms with E-state index in [0.29, 0.717) is 10.9 Å². The normalized spacial score (nSPS) is 17.8. The Morgan fingerprint density at radius 3 is 2.56 bits per heavy atom. The molecule has 2 nitrogen and oxygen atoms in total. The molecule has 2 rings (SSSR count). The van der Waals surface area contributed by atoms with Gasteiger partial charge in [0.15, 0.2) is 0 Å². The number of hydrogen-bond acceptors (Lipinski definition) is 2. The first-order valence-electron chi connectivity index (χ1n) is 5.15. The van der Waals surface area contributed by atoms with Gasteiger partial charge in [-0.05, 0) is 17.7 Å². The van der Waals surface area contributed by atoms with Crippen LogP contribution in [0.2, 0.25) is 5.02 Å². The van der Waals surface area contributed by atoms with Gasteiger partial charge in [-0.2, -0.15) is 0 Å². The van der Waals surface area contributed by atoms with Gasteiger partial charge in [0.2, 0.25) is 0 Å². The van der Waals surface area contributed by atoms with Gasteiger partial charge in [-0.15, -0.1) is 11.6 Å². The maximum absolute atomic E-state index is 11.2. The third-order valence-corrected chi connectivity index (χ3v) is 4.64. The van der Waals surface area contributed by atoms with Crippen molar-refractivity contribution < 1.29 is 4.21 Å². The Labute approximate surface area is 108 Å². The van der Waals surface area contributed by atoms with Crippen LogP contribution < -0.4 is 4.90 Å². The molecular formula is C11H13Cl2NOS. The molecule has 0 aliphatic carbocycles. The summed E-state index contributed by atoms with van der Waals surface area (Å²) in [5, 5.41) is 0.708. The van der Waals surface area contributed by atoms with Crippen molar-refractivity contribution in [3.8, 4) is 0 Å². The summed E-state index contributed by atoms with van der Waals surface area (Å²) in [6, 6.07) is 5.92. The largest absolute Gasteiger partial charge is 0.370 e. The van der Waals surface area contributed by atoms with Gasteiger partial charge < -0.3 is 4.90 Å². The van der Waals surface area contributed by atoms with Gasteiger partial charge in [0, 0.05) is 52.0 Å². The predicted octanol–water partition coefficient (Wildman–Crippen LogP) is 2.65. The molecule has 16 heavy (non-hydrogen) atoms. The molecule has 1 aromatic rings. The molecule has 1 aliphatic heterocycles. The quantitative estimate of drug-likeness (QED) is 0.775. The Kier molecular flexibility index (Phi) is 4.11. The summed E-state index contributed by atoms with van der Waals surface area (Å²) < 4.78 is 11.2. The first kappa shape index (κ1) is 12.2. The summed E-state index contributed by atoms with van der Waals surface area (Å²) in [7, 11) is -0.642. The molecule has 5 heteroatoms. The van der Waals surface area contributed by atoms with Crippen molar-refractivity contribution in [1.82, 2.24) is 0 Å². The highest BCUT2D eigenvalue weighted by Gasteiger charge is 2.16. The van der Waals surface area contributed by atoms with Crippen LogP contribution in [0, 0.1) is 0 Å². The van der Waals surface area contributed by atoms with Crippen molar-refractivity contribution >= 4 is 39.7 Å². The molecule has 0 atom stereocenters. The molecule has 1 heterocycles. The molecule has 0 unspecified atom stereocenters. The summed E-state index contributed by atoms with van der Waals surface area (Å²) in [5.74, 6) is 1.92. The molecule has 1 fully saturated rings. The second-order valence-electron chi connectivity index (χ2n) is 3.74. The number of rotatable bonds is 2. The number of nitrogens with zero attached hydrogens (tertiary/aromatic N) is 1. The second-order valence-corrected chi connectivity index (χ2v) is 6.12. The zero-order valence-corrected chi connectivity index (χ0v) is 11.1. The van der Waals surface area contributed by atoms with Crippen LogP contribution in [0.15, 0.2) is 18.2 Å². The summed E-state index contributed by atoms with van der Waals surface area (Å²) in [4.78, 5) is 2.21. The molecule has 0 spiro atoms. The maximum Gasteiger partial charge on any atom is 0.0488 e. The van der Waals surface area contributed by atoms with Crippen LogP contribution in [-0.2, 0) is 16.7 Å². The molecule has 0 N–H and O–H groups in total. The van der Waals surface area contributed by atoms with Crippen LogP contribution in [0.4, 0.5) is 5.69 Å². The number of anilines is 1. The van der Waals surface area contributed by atoms with Crippen LogP contribution in [0.3, 0.4) is 0 Å². The maximum atomic E-state index is 11.2. The average Bonchev–Trinajstić information content (AvgIpc) is 2.30. The third-order valence-electron chi connectivity index (χ3n) is 2.72. The molecule has 0 radical (unpaired) electrons. The predicted molar refractivity (Wildman–Crippen MR) is 71.1 cm³/mol. The van der Waals surface area contributed by atoms with Crippen LogP contribution in [0.5, 0.6) is 0 Å². The Hall–Kier alpha value is -0.250. The topological polar surface area (TPSA) is 20.3 Å². The van der Waals surface area contributed by atoms with Crippen molar-refractivity contribution in [3.05, 3.63) is 28.8 Å². The Balaban J connectivity index is 2.15. The molecule has 0 bridgehead atoms. The molecular weight excluding hydrogens is 265 g/mol. The lowest BCUT2D eigenvalue weighted by molar-refractivity contribution is 0.673.